The Bertz CT molecular complexity index is 778. The predicted molar refractivity (Wildman–Crippen MR) is 100 cm³/mol. The van der Waals surface area contributed by atoms with Crippen LogP contribution in [0.2, 0.25) is 0 Å². The highest BCUT2D eigenvalue weighted by Gasteiger charge is 2.03. The Hall–Kier alpha value is -2.56. The molecule has 0 spiro atoms. The molecule has 0 aliphatic rings. The van der Waals surface area contributed by atoms with Gasteiger partial charge in [-0.05, 0) is 36.5 Å². The van der Waals surface area contributed by atoms with Crippen LogP contribution in [-0.2, 0) is 6.42 Å². The van der Waals surface area contributed by atoms with E-state index < -0.39 is 0 Å². The third kappa shape index (κ3) is 4.25. The number of aromatic amines is 1. The lowest BCUT2D eigenvalue weighted by atomic mass is 10.1. The van der Waals surface area contributed by atoms with E-state index in [9.17, 15) is 0 Å². The van der Waals surface area contributed by atoms with E-state index in [1.807, 2.05) is 6.07 Å². The molecule has 0 radical (unpaired) electrons. The second kappa shape index (κ2) is 7.81. The first kappa shape index (κ1) is 16.3. The second-order valence-electron chi connectivity index (χ2n) is 6.41. The van der Waals surface area contributed by atoms with E-state index in [2.05, 4.69) is 69.9 Å². The number of nitrogens with one attached hydrogen (secondary N) is 3. The Morgan fingerprint density at radius 3 is 2.83 bits per heavy atom. The molecular weight excluding hydrogens is 298 g/mol. The van der Waals surface area contributed by atoms with Gasteiger partial charge < -0.3 is 15.6 Å². The maximum absolute atomic E-state index is 4.51. The predicted octanol–water partition coefficient (Wildman–Crippen LogP) is 4.07. The van der Waals surface area contributed by atoms with E-state index in [4.69, 9.17) is 0 Å². The van der Waals surface area contributed by atoms with Crippen LogP contribution in [0.5, 0.6) is 0 Å². The number of para-hydroxylation sites is 1. The van der Waals surface area contributed by atoms with E-state index in [1.165, 1.54) is 16.5 Å². The lowest BCUT2D eigenvalue weighted by molar-refractivity contribution is 0.606. The summed E-state index contributed by atoms with van der Waals surface area (Å²) in [5.74, 6) is 2.22. The molecule has 2 aromatic heterocycles. The van der Waals surface area contributed by atoms with Crippen molar-refractivity contribution in [3.63, 3.8) is 0 Å². The van der Waals surface area contributed by atoms with Gasteiger partial charge in [0.05, 0.1) is 0 Å². The molecule has 0 bridgehead atoms. The average Bonchev–Trinajstić information content (AvgIpc) is 2.98. The number of nitrogens with zero attached hydrogens (tertiary/aromatic N) is 2. The summed E-state index contributed by atoms with van der Waals surface area (Å²) in [5, 5.41) is 7.95. The van der Waals surface area contributed by atoms with Crippen molar-refractivity contribution in [3.05, 3.63) is 48.3 Å². The fraction of sp³-hybridized carbons (Fsp3) is 0.368. The number of fused-ring (bicyclic) bond motifs is 1. The summed E-state index contributed by atoms with van der Waals surface area (Å²) in [5.41, 5.74) is 2.51. The number of benzene rings is 1. The average molecular weight is 323 g/mol. The van der Waals surface area contributed by atoms with Gasteiger partial charge in [0.2, 0.25) is 5.95 Å². The molecule has 0 fully saturated rings. The third-order valence-corrected chi connectivity index (χ3v) is 4.04. The van der Waals surface area contributed by atoms with Gasteiger partial charge in [0.15, 0.2) is 0 Å². The molecule has 1 aromatic carbocycles. The van der Waals surface area contributed by atoms with Gasteiger partial charge in [-0.25, -0.2) is 4.98 Å². The summed E-state index contributed by atoms with van der Waals surface area (Å²) >= 11 is 0. The molecule has 0 saturated heterocycles. The number of H-pyrrole nitrogens is 1. The smallest absolute Gasteiger partial charge is 0.224 e. The zero-order valence-corrected chi connectivity index (χ0v) is 14.3. The Morgan fingerprint density at radius 1 is 1.08 bits per heavy atom. The molecule has 2 heterocycles. The van der Waals surface area contributed by atoms with Gasteiger partial charge in [-0.1, -0.05) is 32.0 Å². The van der Waals surface area contributed by atoms with Gasteiger partial charge in [0.1, 0.15) is 5.82 Å². The van der Waals surface area contributed by atoms with Crippen LogP contribution in [0, 0.1) is 5.92 Å². The molecule has 0 atom stereocenters. The Kier molecular flexibility index (Phi) is 5.31. The highest BCUT2D eigenvalue weighted by atomic mass is 15.1. The van der Waals surface area contributed by atoms with Gasteiger partial charge in [-0.2, -0.15) is 4.98 Å². The summed E-state index contributed by atoms with van der Waals surface area (Å²) < 4.78 is 0. The lowest BCUT2D eigenvalue weighted by Crippen LogP contribution is -2.10. The minimum Gasteiger partial charge on any atom is -0.370 e. The number of hydrogen-bond donors (Lipinski definition) is 3. The second-order valence-corrected chi connectivity index (χ2v) is 6.41. The molecule has 0 amide bonds. The highest BCUT2D eigenvalue weighted by molar-refractivity contribution is 5.83. The topological polar surface area (TPSA) is 65.6 Å². The first-order valence-corrected chi connectivity index (χ1v) is 8.58. The van der Waals surface area contributed by atoms with Crippen LogP contribution >= 0.6 is 0 Å². The van der Waals surface area contributed by atoms with Crippen molar-refractivity contribution >= 4 is 22.7 Å². The van der Waals surface area contributed by atoms with Crippen LogP contribution in [0.4, 0.5) is 11.8 Å². The van der Waals surface area contributed by atoms with Crippen LogP contribution in [0.25, 0.3) is 10.9 Å². The van der Waals surface area contributed by atoms with E-state index in [0.717, 1.165) is 31.7 Å². The number of anilines is 2. The Balaban J connectivity index is 1.53. The molecule has 3 aromatic rings. The fourth-order valence-electron chi connectivity index (χ4n) is 2.68. The normalized spacial score (nSPS) is 11.1. The molecule has 24 heavy (non-hydrogen) atoms. The molecule has 3 rings (SSSR count). The summed E-state index contributed by atoms with van der Waals surface area (Å²) in [6.07, 6.45) is 5.94. The van der Waals surface area contributed by atoms with Crippen molar-refractivity contribution in [1.82, 2.24) is 15.0 Å². The van der Waals surface area contributed by atoms with Crippen molar-refractivity contribution < 1.29 is 0 Å². The van der Waals surface area contributed by atoms with Gasteiger partial charge in [0, 0.05) is 36.4 Å². The Morgan fingerprint density at radius 2 is 1.96 bits per heavy atom. The van der Waals surface area contributed by atoms with Crippen LogP contribution < -0.4 is 10.6 Å². The number of aromatic nitrogens is 3. The SMILES string of the molecule is CC(C)CCNc1nccc(NCCc2c[nH]c3ccccc23)n1. The van der Waals surface area contributed by atoms with Crippen molar-refractivity contribution in [2.45, 2.75) is 26.7 Å². The van der Waals surface area contributed by atoms with Gasteiger partial charge in [-0.15, -0.1) is 0 Å². The van der Waals surface area contributed by atoms with Crippen molar-refractivity contribution in [2.75, 3.05) is 23.7 Å². The van der Waals surface area contributed by atoms with Crippen LogP contribution in [-0.4, -0.2) is 28.0 Å². The summed E-state index contributed by atoms with van der Waals surface area (Å²) in [7, 11) is 0. The number of hydrogen-bond acceptors (Lipinski definition) is 4. The molecule has 5 heteroatoms. The maximum atomic E-state index is 4.51. The van der Waals surface area contributed by atoms with Crippen molar-refractivity contribution in [1.29, 1.82) is 0 Å². The zero-order chi connectivity index (χ0) is 16.8. The first-order valence-electron chi connectivity index (χ1n) is 8.58. The molecule has 0 aliphatic heterocycles. The quantitative estimate of drug-likeness (QED) is 0.584. The molecule has 5 nitrogen and oxygen atoms in total. The summed E-state index contributed by atoms with van der Waals surface area (Å²) in [4.78, 5) is 12.1. The maximum Gasteiger partial charge on any atom is 0.224 e. The third-order valence-electron chi connectivity index (χ3n) is 4.04. The van der Waals surface area contributed by atoms with E-state index in [-0.39, 0.29) is 0 Å². The minimum atomic E-state index is 0.676. The van der Waals surface area contributed by atoms with Crippen molar-refractivity contribution in [2.24, 2.45) is 5.92 Å². The van der Waals surface area contributed by atoms with Crippen LogP contribution in [0.15, 0.2) is 42.7 Å². The molecule has 0 aliphatic carbocycles. The van der Waals surface area contributed by atoms with Crippen LogP contribution in [0.1, 0.15) is 25.8 Å². The fourth-order valence-corrected chi connectivity index (χ4v) is 2.68. The summed E-state index contributed by atoms with van der Waals surface area (Å²) in [6, 6.07) is 10.3. The zero-order valence-electron chi connectivity index (χ0n) is 14.3. The molecule has 0 saturated carbocycles. The Labute approximate surface area is 142 Å². The van der Waals surface area contributed by atoms with E-state index >= 15 is 0 Å². The first-order chi connectivity index (χ1) is 11.7. The van der Waals surface area contributed by atoms with E-state index in [0.29, 0.717) is 11.9 Å². The molecule has 0 unspecified atom stereocenters. The molecule has 126 valence electrons. The van der Waals surface area contributed by atoms with Crippen LogP contribution in [0.3, 0.4) is 0 Å². The van der Waals surface area contributed by atoms with E-state index in [1.54, 1.807) is 6.20 Å². The van der Waals surface area contributed by atoms with Gasteiger partial charge in [0.25, 0.3) is 0 Å². The lowest BCUT2D eigenvalue weighted by Gasteiger charge is -2.09. The van der Waals surface area contributed by atoms with Gasteiger partial charge in [-0.3, -0.25) is 0 Å². The number of rotatable bonds is 8. The monoisotopic (exact) mass is 323 g/mol. The standard InChI is InChI=1S/C19H25N5/c1-14(2)7-10-21-19-22-12-9-18(24-19)20-11-8-15-13-23-17-6-4-3-5-16(15)17/h3-6,9,12-14,23H,7-8,10-11H2,1-2H3,(H2,20,21,22,24). The largest absolute Gasteiger partial charge is 0.370 e. The van der Waals surface area contributed by atoms with Crippen molar-refractivity contribution in [3.8, 4) is 0 Å². The molecular formula is C19H25N5. The highest BCUT2D eigenvalue weighted by Crippen LogP contribution is 2.18. The minimum absolute atomic E-state index is 0.676. The van der Waals surface area contributed by atoms with Gasteiger partial charge >= 0.3 is 0 Å². The molecule has 3 N–H and O–H groups in total. The summed E-state index contributed by atoms with van der Waals surface area (Å²) in [6.45, 7) is 6.16.